The highest BCUT2D eigenvalue weighted by atomic mass is 32.1. The van der Waals surface area contributed by atoms with Gasteiger partial charge in [-0.3, -0.25) is 10.1 Å². The number of hydrogen-bond donors (Lipinski definition) is 2. The largest absolute Gasteiger partial charge is 0.332 e. The molecule has 1 amide bonds. The molecule has 0 aliphatic carbocycles. The fourth-order valence-electron chi connectivity index (χ4n) is 2.41. The van der Waals surface area contributed by atoms with E-state index in [2.05, 4.69) is 29.7 Å². The zero-order valence-corrected chi connectivity index (χ0v) is 14.3. The average Bonchev–Trinajstić information content (AvgIpc) is 2.50. The van der Waals surface area contributed by atoms with Crippen molar-refractivity contribution < 1.29 is 4.79 Å². The Morgan fingerprint density at radius 3 is 2.26 bits per heavy atom. The van der Waals surface area contributed by atoms with Gasteiger partial charge in [-0.1, -0.05) is 48.0 Å². The number of anilines is 1. The lowest BCUT2D eigenvalue weighted by molar-refractivity contribution is -0.115. The van der Waals surface area contributed by atoms with Crippen LogP contribution in [0, 0.1) is 20.8 Å². The fourth-order valence-corrected chi connectivity index (χ4v) is 2.61. The molecule has 2 aromatic rings. The first-order chi connectivity index (χ1) is 11.0. The monoisotopic (exact) mass is 324 g/mol. The van der Waals surface area contributed by atoms with Gasteiger partial charge in [0.05, 0.1) is 0 Å². The second-order valence-electron chi connectivity index (χ2n) is 5.46. The molecule has 2 N–H and O–H groups in total. The molecule has 0 saturated carbocycles. The Morgan fingerprint density at radius 1 is 1.04 bits per heavy atom. The number of hydrogen-bond acceptors (Lipinski definition) is 2. The van der Waals surface area contributed by atoms with E-state index >= 15 is 0 Å². The Kier molecular flexibility index (Phi) is 5.66. The summed E-state index contributed by atoms with van der Waals surface area (Å²) in [6, 6.07) is 13.8. The van der Waals surface area contributed by atoms with Crippen molar-refractivity contribution >= 4 is 35.0 Å². The minimum atomic E-state index is -0.256. The Hall–Kier alpha value is -2.46. The van der Waals surface area contributed by atoms with Crippen LogP contribution in [0.15, 0.2) is 48.5 Å². The molecule has 2 rings (SSSR count). The number of thiocarbonyl (C=S) groups is 1. The van der Waals surface area contributed by atoms with Crippen LogP contribution in [0.5, 0.6) is 0 Å². The van der Waals surface area contributed by atoms with E-state index in [1.165, 1.54) is 11.6 Å². The molecule has 118 valence electrons. The molecule has 0 aromatic heterocycles. The quantitative estimate of drug-likeness (QED) is 0.658. The van der Waals surface area contributed by atoms with Crippen LogP contribution in [0.1, 0.15) is 22.3 Å². The van der Waals surface area contributed by atoms with Gasteiger partial charge in [0.25, 0.3) is 0 Å². The lowest BCUT2D eigenvalue weighted by Crippen LogP contribution is -2.33. The van der Waals surface area contributed by atoms with Crippen LogP contribution < -0.4 is 10.6 Å². The van der Waals surface area contributed by atoms with Crippen molar-refractivity contribution in [2.75, 3.05) is 5.32 Å². The Labute approximate surface area is 142 Å². The van der Waals surface area contributed by atoms with Crippen LogP contribution in [0.3, 0.4) is 0 Å². The first-order valence-corrected chi connectivity index (χ1v) is 7.79. The Bertz CT molecular complexity index is 728. The highest BCUT2D eigenvalue weighted by molar-refractivity contribution is 7.80. The molecule has 0 spiro atoms. The molecule has 0 bridgehead atoms. The maximum atomic E-state index is 11.9. The summed E-state index contributed by atoms with van der Waals surface area (Å²) in [6.07, 6.45) is 3.22. The van der Waals surface area contributed by atoms with Crippen LogP contribution in [0.2, 0.25) is 0 Å². The highest BCUT2D eigenvalue weighted by Gasteiger charge is 2.07. The van der Waals surface area contributed by atoms with Gasteiger partial charge in [0, 0.05) is 11.8 Å². The maximum absolute atomic E-state index is 11.9. The summed E-state index contributed by atoms with van der Waals surface area (Å²) in [5, 5.41) is 6.06. The van der Waals surface area contributed by atoms with E-state index in [0.29, 0.717) is 5.11 Å². The molecule has 0 aliphatic heterocycles. The van der Waals surface area contributed by atoms with Crippen molar-refractivity contribution in [1.82, 2.24) is 5.32 Å². The van der Waals surface area contributed by atoms with Gasteiger partial charge in [0.2, 0.25) is 5.91 Å². The molecule has 0 radical (unpaired) electrons. The Morgan fingerprint density at radius 2 is 1.65 bits per heavy atom. The van der Waals surface area contributed by atoms with Crippen molar-refractivity contribution in [1.29, 1.82) is 0 Å². The average molecular weight is 324 g/mol. The summed E-state index contributed by atoms with van der Waals surface area (Å²) in [5.41, 5.74) is 5.30. The number of carbonyl (C=O) groups excluding carboxylic acids is 1. The lowest BCUT2D eigenvalue weighted by Gasteiger charge is -2.14. The van der Waals surface area contributed by atoms with Gasteiger partial charge in [-0.25, -0.2) is 0 Å². The molecular formula is C19H20N2OS. The predicted molar refractivity (Wildman–Crippen MR) is 100 cm³/mol. The summed E-state index contributed by atoms with van der Waals surface area (Å²) in [7, 11) is 0. The molecular weight excluding hydrogens is 304 g/mol. The standard InChI is InChI=1S/C19H20N2OS/c1-13-11-14(2)18(15(3)12-13)21-19(23)20-17(22)10-9-16-7-5-4-6-8-16/h4-12H,1-3H3,(H2,20,21,22,23)/b10-9-. The predicted octanol–water partition coefficient (Wildman–Crippen LogP) is 4.14. The maximum Gasteiger partial charge on any atom is 0.250 e. The zero-order valence-electron chi connectivity index (χ0n) is 13.5. The SMILES string of the molecule is Cc1cc(C)c(NC(=S)NC(=O)/C=C\c2ccccc2)c(C)c1. The molecule has 0 saturated heterocycles. The number of rotatable bonds is 3. The number of nitrogens with one attached hydrogen (secondary N) is 2. The first kappa shape index (κ1) is 16.9. The third-order valence-electron chi connectivity index (χ3n) is 3.38. The second kappa shape index (κ2) is 7.70. The van der Waals surface area contributed by atoms with Crippen molar-refractivity contribution in [2.45, 2.75) is 20.8 Å². The molecule has 0 fully saturated rings. The van der Waals surface area contributed by atoms with Gasteiger partial charge in [-0.2, -0.15) is 0 Å². The van der Waals surface area contributed by atoms with Crippen LogP contribution in [-0.2, 0) is 4.79 Å². The molecule has 3 nitrogen and oxygen atoms in total. The van der Waals surface area contributed by atoms with Gasteiger partial charge in [-0.15, -0.1) is 0 Å². The van der Waals surface area contributed by atoms with Crippen molar-refractivity contribution in [3.63, 3.8) is 0 Å². The van der Waals surface area contributed by atoms with Gasteiger partial charge in [0.15, 0.2) is 5.11 Å². The number of amides is 1. The number of carbonyl (C=O) groups is 1. The molecule has 2 aromatic carbocycles. The van der Waals surface area contributed by atoms with Crippen LogP contribution in [0.25, 0.3) is 6.08 Å². The summed E-state index contributed by atoms with van der Waals surface area (Å²) >= 11 is 5.22. The summed E-state index contributed by atoms with van der Waals surface area (Å²) in [6.45, 7) is 6.09. The van der Waals surface area contributed by atoms with E-state index in [4.69, 9.17) is 12.2 Å². The molecule has 0 heterocycles. The van der Waals surface area contributed by atoms with Crippen LogP contribution >= 0.6 is 12.2 Å². The minimum absolute atomic E-state index is 0.256. The third kappa shape index (κ3) is 5.04. The summed E-state index contributed by atoms with van der Waals surface area (Å²) in [5.74, 6) is -0.256. The first-order valence-electron chi connectivity index (χ1n) is 7.38. The highest BCUT2D eigenvalue weighted by Crippen LogP contribution is 2.21. The van der Waals surface area contributed by atoms with Gasteiger partial charge in [-0.05, 0) is 55.8 Å². The van der Waals surface area contributed by atoms with Crippen molar-refractivity contribution in [3.8, 4) is 0 Å². The minimum Gasteiger partial charge on any atom is -0.332 e. The smallest absolute Gasteiger partial charge is 0.250 e. The zero-order chi connectivity index (χ0) is 16.8. The molecule has 23 heavy (non-hydrogen) atoms. The van der Waals surface area contributed by atoms with Crippen LogP contribution in [0.4, 0.5) is 5.69 Å². The molecule has 0 aliphatic rings. The molecule has 0 unspecified atom stereocenters. The number of benzene rings is 2. The van der Waals surface area contributed by atoms with Gasteiger partial charge >= 0.3 is 0 Å². The van der Waals surface area contributed by atoms with Gasteiger partial charge in [0.1, 0.15) is 0 Å². The van der Waals surface area contributed by atoms with Crippen LogP contribution in [-0.4, -0.2) is 11.0 Å². The van der Waals surface area contributed by atoms with Gasteiger partial charge < -0.3 is 5.32 Å². The molecule has 0 atom stereocenters. The fraction of sp³-hybridized carbons (Fsp3) is 0.158. The third-order valence-corrected chi connectivity index (χ3v) is 3.58. The van der Waals surface area contributed by atoms with E-state index in [0.717, 1.165) is 22.4 Å². The lowest BCUT2D eigenvalue weighted by atomic mass is 10.1. The van der Waals surface area contributed by atoms with Crippen molar-refractivity contribution in [2.24, 2.45) is 0 Å². The second-order valence-corrected chi connectivity index (χ2v) is 5.87. The van der Waals surface area contributed by atoms with Crippen molar-refractivity contribution in [3.05, 3.63) is 70.8 Å². The normalized spacial score (nSPS) is 10.6. The summed E-state index contributed by atoms with van der Waals surface area (Å²) < 4.78 is 0. The number of aryl methyl sites for hydroxylation is 3. The Balaban J connectivity index is 1.97. The van der Waals surface area contributed by atoms with E-state index in [1.807, 2.05) is 44.2 Å². The van der Waals surface area contributed by atoms with E-state index in [-0.39, 0.29) is 5.91 Å². The summed E-state index contributed by atoms with van der Waals surface area (Å²) in [4.78, 5) is 11.9. The molecule has 4 heteroatoms. The van der Waals surface area contributed by atoms with E-state index in [1.54, 1.807) is 6.08 Å². The van der Waals surface area contributed by atoms with E-state index < -0.39 is 0 Å². The topological polar surface area (TPSA) is 41.1 Å². The van der Waals surface area contributed by atoms with E-state index in [9.17, 15) is 4.79 Å².